The van der Waals surface area contributed by atoms with Crippen LogP contribution in [0.15, 0.2) is 9.85 Å². The van der Waals surface area contributed by atoms with Crippen molar-refractivity contribution >= 4 is 27.3 Å². The van der Waals surface area contributed by atoms with E-state index in [0.29, 0.717) is 6.04 Å². The molecule has 1 aromatic rings. The Hall–Kier alpha value is 0.140. The van der Waals surface area contributed by atoms with Gasteiger partial charge in [0.05, 0.1) is 3.79 Å². The molecule has 1 heterocycles. The molecule has 0 amide bonds. The van der Waals surface area contributed by atoms with E-state index in [1.807, 2.05) is 0 Å². The van der Waals surface area contributed by atoms with Gasteiger partial charge in [0.15, 0.2) is 0 Å². The maximum absolute atomic E-state index is 6.07. The van der Waals surface area contributed by atoms with E-state index in [1.54, 1.807) is 11.3 Å². The Balaban J connectivity index is 2.21. The van der Waals surface area contributed by atoms with Gasteiger partial charge < -0.3 is 5.73 Å². The van der Waals surface area contributed by atoms with Crippen molar-refractivity contribution in [1.29, 1.82) is 0 Å². The molecule has 66 valence electrons. The fourth-order valence-corrected chi connectivity index (χ4v) is 3.00. The van der Waals surface area contributed by atoms with Crippen molar-refractivity contribution in [2.24, 2.45) is 11.7 Å². The van der Waals surface area contributed by atoms with E-state index < -0.39 is 0 Å². The van der Waals surface area contributed by atoms with E-state index in [4.69, 9.17) is 5.73 Å². The van der Waals surface area contributed by atoms with E-state index in [0.717, 1.165) is 5.92 Å². The lowest BCUT2D eigenvalue weighted by Gasteiger charge is -2.05. The summed E-state index contributed by atoms with van der Waals surface area (Å²) in [5.41, 5.74) is 7.38. The summed E-state index contributed by atoms with van der Waals surface area (Å²) >= 11 is 5.30. The third kappa shape index (κ3) is 1.58. The lowest BCUT2D eigenvalue weighted by atomic mass is 10.1. The molecule has 1 atom stereocenters. The van der Waals surface area contributed by atoms with Gasteiger partial charge in [-0.2, -0.15) is 0 Å². The average molecular weight is 246 g/mol. The minimum Gasteiger partial charge on any atom is -0.323 e. The zero-order valence-electron chi connectivity index (χ0n) is 7.01. The number of halogens is 1. The maximum atomic E-state index is 6.07. The summed E-state index contributed by atoms with van der Waals surface area (Å²) in [4.78, 5) is 1.34. The van der Waals surface area contributed by atoms with Gasteiger partial charge in [0.2, 0.25) is 0 Å². The molecule has 12 heavy (non-hydrogen) atoms. The summed E-state index contributed by atoms with van der Waals surface area (Å²) in [5.74, 6) is 0.759. The lowest BCUT2D eigenvalue weighted by molar-refractivity contribution is 0.644. The molecule has 2 rings (SSSR count). The highest BCUT2D eigenvalue weighted by Gasteiger charge is 2.30. The number of hydrogen-bond acceptors (Lipinski definition) is 2. The van der Waals surface area contributed by atoms with E-state index >= 15 is 0 Å². The van der Waals surface area contributed by atoms with Gasteiger partial charge in [-0.3, -0.25) is 0 Å². The van der Waals surface area contributed by atoms with E-state index in [-0.39, 0.29) is 0 Å². The van der Waals surface area contributed by atoms with Crippen LogP contribution in [0.5, 0.6) is 0 Å². The Labute approximate surface area is 85.1 Å². The van der Waals surface area contributed by atoms with Crippen LogP contribution in [-0.4, -0.2) is 0 Å². The third-order valence-corrected chi connectivity index (χ3v) is 4.57. The highest BCUT2D eigenvalue weighted by molar-refractivity contribution is 9.11. The number of hydrogen-bond donors (Lipinski definition) is 1. The van der Waals surface area contributed by atoms with Crippen LogP contribution in [0.4, 0.5) is 0 Å². The normalized spacial score (nSPS) is 19.6. The molecule has 1 aliphatic rings. The van der Waals surface area contributed by atoms with E-state index in [2.05, 4.69) is 28.9 Å². The van der Waals surface area contributed by atoms with Gasteiger partial charge in [0, 0.05) is 10.9 Å². The minimum absolute atomic E-state index is 0.292. The second-order valence-electron chi connectivity index (χ2n) is 3.47. The first-order chi connectivity index (χ1) is 5.68. The zero-order chi connectivity index (χ0) is 8.72. The first-order valence-corrected chi connectivity index (χ1v) is 5.81. The topological polar surface area (TPSA) is 26.0 Å². The summed E-state index contributed by atoms with van der Waals surface area (Å²) in [6, 6.07) is 2.50. The van der Waals surface area contributed by atoms with Gasteiger partial charge in [-0.25, -0.2) is 0 Å². The first kappa shape index (κ1) is 8.73. The molecule has 0 radical (unpaired) electrons. The molecule has 0 bridgehead atoms. The van der Waals surface area contributed by atoms with Gasteiger partial charge in [0.25, 0.3) is 0 Å². The van der Waals surface area contributed by atoms with Gasteiger partial charge in [-0.15, -0.1) is 11.3 Å². The van der Waals surface area contributed by atoms with Crippen LogP contribution in [-0.2, 0) is 0 Å². The average Bonchev–Trinajstić information content (AvgIpc) is 2.80. The summed E-state index contributed by atoms with van der Waals surface area (Å²) < 4.78 is 1.23. The Morgan fingerprint density at radius 1 is 1.67 bits per heavy atom. The standard InChI is InChI=1S/C9H12BrNS/c1-5-4-7(12-9(5)10)8(11)6-2-3-6/h4,6,8H,2-3,11H2,1H3/t8-/m0/s1. The van der Waals surface area contributed by atoms with Crippen LogP contribution in [0.3, 0.4) is 0 Å². The lowest BCUT2D eigenvalue weighted by Crippen LogP contribution is -2.10. The molecular weight excluding hydrogens is 234 g/mol. The fourth-order valence-electron chi connectivity index (χ4n) is 1.34. The van der Waals surface area contributed by atoms with Crippen molar-refractivity contribution in [1.82, 2.24) is 0 Å². The Morgan fingerprint density at radius 2 is 2.33 bits per heavy atom. The Morgan fingerprint density at radius 3 is 2.75 bits per heavy atom. The van der Waals surface area contributed by atoms with Crippen LogP contribution in [0.2, 0.25) is 0 Å². The van der Waals surface area contributed by atoms with E-state index in [1.165, 1.54) is 27.1 Å². The Bertz CT molecular complexity index is 271. The molecule has 1 nitrogen and oxygen atoms in total. The quantitative estimate of drug-likeness (QED) is 0.851. The highest BCUT2D eigenvalue weighted by atomic mass is 79.9. The molecule has 0 unspecified atom stereocenters. The monoisotopic (exact) mass is 245 g/mol. The van der Waals surface area contributed by atoms with Crippen molar-refractivity contribution in [3.63, 3.8) is 0 Å². The van der Waals surface area contributed by atoms with Crippen molar-refractivity contribution < 1.29 is 0 Å². The molecular formula is C9H12BrNS. The van der Waals surface area contributed by atoms with Crippen LogP contribution in [0.1, 0.15) is 29.3 Å². The largest absolute Gasteiger partial charge is 0.323 e. The highest BCUT2D eigenvalue weighted by Crippen LogP contribution is 2.42. The van der Waals surface area contributed by atoms with Crippen molar-refractivity contribution in [2.75, 3.05) is 0 Å². The summed E-state index contributed by atoms with van der Waals surface area (Å²) in [5, 5.41) is 0. The number of nitrogens with two attached hydrogens (primary N) is 1. The predicted octanol–water partition coefficient (Wildman–Crippen LogP) is 3.23. The molecule has 1 fully saturated rings. The van der Waals surface area contributed by atoms with Crippen LogP contribution >= 0.6 is 27.3 Å². The summed E-state index contributed by atoms with van der Waals surface area (Å²) in [6.07, 6.45) is 2.63. The molecule has 3 heteroatoms. The number of rotatable bonds is 2. The molecule has 0 aliphatic heterocycles. The van der Waals surface area contributed by atoms with Crippen molar-refractivity contribution in [3.05, 3.63) is 20.3 Å². The molecule has 0 saturated heterocycles. The van der Waals surface area contributed by atoms with Gasteiger partial charge in [-0.05, 0) is 53.2 Å². The summed E-state index contributed by atoms with van der Waals surface area (Å²) in [7, 11) is 0. The second kappa shape index (κ2) is 3.13. The number of thiophene rings is 1. The third-order valence-electron chi connectivity index (χ3n) is 2.33. The van der Waals surface area contributed by atoms with Crippen LogP contribution in [0, 0.1) is 12.8 Å². The van der Waals surface area contributed by atoms with Crippen molar-refractivity contribution in [3.8, 4) is 0 Å². The summed E-state index contributed by atoms with van der Waals surface area (Å²) in [6.45, 7) is 2.11. The minimum atomic E-state index is 0.292. The van der Waals surface area contributed by atoms with E-state index in [9.17, 15) is 0 Å². The molecule has 0 spiro atoms. The smallest absolute Gasteiger partial charge is 0.0731 e. The predicted molar refractivity (Wildman–Crippen MR) is 56.4 cm³/mol. The second-order valence-corrected chi connectivity index (χ2v) is 5.87. The van der Waals surface area contributed by atoms with Crippen molar-refractivity contribution in [2.45, 2.75) is 25.8 Å². The molecule has 2 N–H and O–H groups in total. The SMILES string of the molecule is Cc1cc([C@@H](N)C2CC2)sc1Br. The van der Waals surface area contributed by atoms with Gasteiger partial charge in [-0.1, -0.05) is 0 Å². The fraction of sp³-hybridized carbons (Fsp3) is 0.556. The molecule has 1 aliphatic carbocycles. The van der Waals surface area contributed by atoms with Gasteiger partial charge in [0.1, 0.15) is 0 Å². The first-order valence-electron chi connectivity index (χ1n) is 4.20. The van der Waals surface area contributed by atoms with Gasteiger partial charge >= 0.3 is 0 Å². The number of aryl methyl sites for hydroxylation is 1. The van der Waals surface area contributed by atoms with Crippen LogP contribution < -0.4 is 5.73 Å². The Kier molecular flexibility index (Phi) is 2.27. The maximum Gasteiger partial charge on any atom is 0.0731 e. The molecule has 1 aromatic heterocycles. The van der Waals surface area contributed by atoms with Crippen LogP contribution in [0.25, 0.3) is 0 Å². The molecule has 1 saturated carbocycles. The molecule has 0 aromatic carbocycles. The zero-order valence-corrected chi connectivity index (χ0v) is 9.41.